The molecule has 0 saturated carbocycles. The van der Waals surface area contributed by atoms with Crippen molar-refractivity contribution in [1.82, 2.24) is 0 Å². The predicted molar refractivity (Wildman–Crippen MR) is 108 cm³/mol. The molecule has 4 heteroatoms. The van der Waals surface area contributed by atoms with Gasteiger partial charge in [0.2, 0.25) is 0 Å². The summed E-state index contributed by atoms with van der Waals surface area (Å²) < 4.78 is 15.1. The molecule has 26 heavy (non-hydrogen) atoms. The van der Waals surface area contributed by atoms with Gasteiger partial charge < -0.3 is 14.2 Å². The van der Waals surface area contributed by atoms with E-state index in [0.717, 1.165) is 19.4 Å². The van der Waals surface area contributed by atoms with E-state index in [9.17, 15) is 4.79 Å². The first-order valence-corrected chi connectivity index (χ1v) is 10.9. The molecular weight excluding hydrogens is 328 g/mol. The molecule has 0 spiro atoms. The van der Waals surface area contributed by atoms with Gasteiger partial charge in [-0.25, -0.2) is 4.79 Å². The Hall–Kier alpha value is -0.610. The number of carbonyl (C=O) groups excluding carboxylic acids is 1. The van der Waals surface area contributed by atoms with Crippen LogP contribution in [0.3, 0.4) is 0 Å². The fraction of sp³-hybridized carbons (Fsp3) is 0.955. The molecule has 0 heterocycles. The lowest BCUT2D eigenvalue weighted by Crippen LogP contribution is -2.10. The monoisotopic (exact) mass is 371 g/mol. The Morgan fingerprint density at radius 3 is 1.31 bits per heavy atom. The zero-order valence-corrected chi connectivity index (χ0v) is 17.4. The van der Waals surface area contributed by atoms with E-state index in [1.807, 2.05) is 6.92 Å². The van der Waals surface area contributed by atoms with Crippen molar-refractivity contribution in [3.8, 4) is 0 Å². The zero-order valence-electron chi connectivity index (χ0n) is 17.4. The van der Waals surface area contributed by atoms with Gasteiger partial charge in [0.05, 0.1) is 6.61 Å². The number of ether oxygens (including phenoxy) is 3. The second-order valence-electron chi connectivity index (χ2n) is 7.26. The lowest BCUT2D eigenvalue weighted by Gasteiger charge is -2.10. The van der Waals surface area contributed by atoms with Crippen molar-refractivity contribution < 1.29 is 19.0 Å². The average Bonchev–Trinajstić information content (AvgIpc) is 2.66. The Morgan fingerprint density at radius 1 is 0.615 bits per heavy atom. The average molecular weight is 372 g/mol. The minimum absolute atomic E-state index is 0.0665. The molecule has 0 aliphatic heterocycles. The first kappa shape index (κ1) is 25.4. The number of unbranched alkanes of at least 4 members (excludes halogenated alkanes) is 15. The number of rotatable bonds is 22. The lowest BCUT2D eigenvalue weighted by molar-refractivity contribution is -0.111. The van der Waals surface area contributed by atoms with E-state index in [2.05, 4.69) is 4.74 Å². The largest absolute Gasteiger partial charge is 0.457 e. The van der Waals surface area contributed by atoms with Gasteiger partial charge in [0, 0.05) is 13.7 Å². The predicted octanol–water partition coefficient (Wildman–Crippen LogP) is 6.32. The highest BCUT2D eigenvalue weighted by atomic mass is 16.7. The lowest BCUT2D eigenvalue weighted by atomic mass is 10.0. The van der Waals surface area contributed by atoms with Crippen LogP contribution < -0.4 is 0 Å². The number of hydrogen-bond acceptors (Lipinski definition) is 4. The van der Waals surface area contributed by atoms with E-state index < -0.39 is 0 Å². The maximum absolute atomic E-state index is 9.86. The summed E-state index contributed by atoms with van der Waals surface area (Å²) in [6.45, 7) is 4.77. The molecule has 0 aliphatic carbocycles. The molecule has 0 aromatic carbocycles. The maximum Gasteiger partial charge on any atom is 0.417 e. The van der Waals surface area contributed by atoms with E-state index in [1.165, 1.54) is 96.4 Å². The van der Waals surface area contributed by atoms with Gasteiger partial charge in [-0.2, -0.15) is 0 Å². The number of hydrogen-bond donors (Lipinski definition) is 0. The molecule has 155 valence electrons. The minimum atomic E-state index is -0.0665. The van der Waals surface area contributed by atoms with Crippen molar-refractivity contribution in [2.75, 3.05) is 20.3 Å². The molecular formula is C22H43O4. The highest BCUT2D eigenvalue weighted by Gasteiger charge is 1.98. The Bertz CT molecular complexity index is 271. The molecule has 0 N–H and O–H groups in total. The Morgan fingerprint density at radius 2 is 0.962 bits per heavy atom. The Kier molecular flexibility index (Phi) is 21.9. The van der Waals surface area contributed by atoms with Crippen LogP contribution in [0.25, 0.3) is 0 Å². The van der Waals surface area contributed by atoms with Crippen molar-refractivity contribution in [1.29, 1.82) is 0 Å². The van der Waals surface area contributed by atoms with Crippen LogP contribution >= 0.6 is 0 Å². The first-order chi connectivity index (χ1) is 12.8. The van der Waals surface area contributed by atoms with Crippen molar-refractivity contribution >= 4 is 6.47 Å². The van der Waals surface area contributed by atoms with Crippen LogP contribution in [0.2, 0.25) is 0 Å². The third kappa shape index (κ3) is 21.4. The Labute approximate surface area is 162 Å². The van der Waals surface area contributed by atoms with Gasteiger partial charge >= 0.3 is 6.47 Å². The molecule has 1 atom stereocenters. The molecule has 0 rings (SSSR count). The molecule has 0 aliphatic rings. The summed E-state index contributed by atoms with van der Waals surface area (Å²) in [5.41, 5.74) is 0. The van der Waals surface area contributed by atoms with E-state index in [1.54, 1.807) is 7.11 Å². The van der Waals surface area contributed by atoms with Gasteiger partial charge in [-0.15, -0.1) is 0 Å². The second kappa shape index (κ2) is 22.4. The van der Waals surface area contributed by atoms with Crippen LogP contribution in [0.15, 0.2) is 0 Å². The summed E-state index contributed by atoms with van der Waals surface area (Å²) in [7, 11) is 1.68. The standard InChI is InChI=1S/C22H43O4/c1-22(24-2)26-20-18-16-14-12-10-8-6-4-3-5-7-9-11-13-15-17-19-25-21-23/h22H,3-20H2,1-2H3. The fourth-order valence-corrected chi connectivity index (χ4v) is 3.11. The van der Waals surface area contributed by atoms with Crippen LogP contribution in [0.1, 0.15) is 110 Å². The summed E-state index contributed by atoms with van der Waals surface area (Å²) >= 11 is 0. The third-order valence-electron chi connectivity index (χ3n) is 4.88. The van der Waals surface area contributed by atoms with Crippen molar-refractivity contribution in [2.24, 2.45) is 0 Å². The molecule has 0 aromatic rings. The third-order valence-corrected chi connectivity index (χ3v) is 4.88. The van der Waals surface area contributed by atoms with Crippen molar-refractivity contribution in [3.05, 3.63) is 0 Å². The second-order valence-corrected chi connectivity index (χ2v) is 7.26. The van der Waals surface area contributed by atoms with Gasteiger partial charge in [-0.3, -0.25) is 0 Å². The maximum atomic E-state index is 9.86. The normalized spacial score (nSPS) is 12.2. The molecule has 1 unspecified atom stereocenters. The van der Waals surface area contributed by atoms with Crippen LogP contribution in [0, 0.1) is 0 Å². The SMILES string of the molecule is COC(C)OCCCCCCCCCCCCCCCCCCO[C]=O. The fourth-order valence-electron chi connectivity index (χ4n) is 3.11. The van der Waals surface area contributed by atoms with E-state index >= 15 is 0 Å². The summed E-state index contributed by atoms with van der Waals surface area (Å²) in [4.78, 5) is 9.86. The molecule has 0 fully saturated rings. The van der Waals surface area contributed by atoms with Gasteiger partial charge in [0.15, 0.2) is 6.29 Å². The molecule has 0 aromatic heterocycles. The zero-order chi connectivity index (χ0) is 19.1. The van der Waals surface area contributed by atoms with Crippen LogP contribution in [0.5, 0.6) is 0 Å². The van der Waals surface area contributed by atoms with E-state index in [0.29, 0.717) is 6.61 Å². The van der Waals surface area contributed by atoms with Gasteiger partial charge in [-0.1, -0.05) is 89.9 Å². The summed E-state index contributed by atoms with van der Waals surface area (Å²) in [6.07, 6.45) is 20.9. The molecule has 0 bridgehead atoms. The quantitative estimate of drug-likeness (QED) is 0.165. The summed E-state index contributed by atoms with van der Waals surface area (Å²) in [6, 6.07) is 0. The van der Waals surface area contributed by atoms with Crippen molar-refractivity contribution in [3.63, 3.8) is 0 Å². The van der Waals surface area contributed by atoms with Crippen LogP contribution in [-0.2, 0) is 19.0 Å². The van der Waals surface area contributed by atoms with E-state index in [4.69, 9.17) is 9.47 Å². The van der Waals surface area contributed by atoms with Crippen LogP contribution in [-0.4, -0.2) is 33.1 Å². The van der Waals surface area contributed by atoms with Gasteiger partial charge in [-0.05, 0) is 19.8 Å². The first-order valence-electron chi connectivity index (χ1n) is 10.9. The van der Waals surface area contributed by atoms with Gasteiger partial charge in [0.1, 0.15) is 0 Å². The molecule has 0 amide bonds. The summed E-state index contributed by atoms with van der Waals surface area (Å²) in [5.74, 6) is 0. The number of methoxy groups -OCH3 is 1. The highest BCUT2D eigenvalue weighted by molar-refractivity contribution is 5.37. The molecule has 4 nitrogen and oxygen atoms in total. The summed E-state index contributed by atoms with van der Waals surface area (Å²) in [5, 5.41) is 0. The van der Waals surface area contributed by atoms with Gasteiger partial charge in [0.25, 0.3) is 0 Å². The minimum Gasteiger partial charge on any atom is -0.457 e. The highest BCUT2D eigenvalue weighted by Crippen LogP contribution is 2.13. The molecule has 0 saturated heterocycles. The van der Waals surface area contributed by atoms with Crippen molar-refractivity contribution in [2.45, 2.75) is 116 Å². The molecule has 1 radical (unpaired) electrons. The topological polar surface area (TPSA) is 44.8 Å². The Balaban J connectivity index is 3.00. The van der Waals surface area contributed by atoms with E-state index in [-0.39, 0.29) is 6.29 Å². The van der Waals surface area contributed by atoms with Crippen LogP contribution in [0.4, 0.5) is 0 Å². The smallest absolute Gasteiger partial charge is 0.417 e.